The molecule has 1 amide bonds. The maximum absolute atomic E-state index is 12.0. The van der Waals surface area contributed by atoms with Gasteiger partial charge in [-0.2, -0.15) is 4.98 Å². The van der Waals surface area contributed by atoms with Crippen LogP contribution in [0, 0.1) is 5.92 Å². The van der Waals surface area contributed by atoms with Crippen molar-refractivity contribution in [3.63, 3.8) is 0 Å². The summed E-state index contributed by atoms with van der Waals surface area (Å²) in [5, 5.41) is 2.89. The van der Waals surface area contributed by atoms with Crippen LogP contribution in [0.5, 0.6) is 5.88 Å². The minimum atomic E-state index is -0.689. The van der Waals surface area contributed by atoms with Gasteiger partial charge in [-0.15, -0.1) is 0 Å². The van der Waals surface area contributed by atoms with E-state index in [1.807, 2.05) is 13.8 Å². The van der Waals surface area contributed by atoms with Crippen molar-refractivity contribution in [3.8, 4) is 5.88 Å². The number of aromatic nitrogens is 2. The summed E-state index contributed by atoms with van der Waals surface area (Å²) in [4.78, 5) is 41.6. The Morgan fingerprint density at radius 2 is 2.09 bits per heavy atom. The molecule has 1 unspecified atom stereocenters. The fourth-order valence-electron chi connectivity index (χ4n) is 1.78. The van der Waals surface area contributed by atoms with Crippen molar-refractivity contribution in [2.75, 3.05) is 20.0 Å². The number of amides is 1. The molecule has 128 valence electrons. The smallest absolute Gasteiger partial charge is 0.328 e. The highest BCUT2D eigenvalue weighted by Gasteiger charge is 2.22. The van der Waals surface area contributed by atoms with Gasteiger partial charge in [-0.05, 0) is 12.3 Å². The van der Waals surface area contributed by atoms with E-state index in [2.05, 4.69) is 20.0 Å². The van der Waals surface area contributed by atoms with Gasteiger partial charge in [0.25, 0.3) is 5.56 Å². The Morgan fingerprint density at radius 3 is 2.65 bits per heavy atom. The molecule has 1 aromatic heterocycles. The van der Waals surface area contributed by atoms with E-state index in [1.54, 1.807) is 0 Å². The number of nitrogens with zero attached hydrogens (tertiary/aromatic N) is 1. The highest BCUT2D eigenvalue weighted by atomic mass is 32.2. The summed E-state index contributed by atoms with van der Waals surface area (Å²) in [5.74, 6) is -0.435. The molecule has 1 aromatic rings. The molecule has 1 rings (SSSR count). The predicted octanol–water partition coefficient (Wildman–Crippen LogP) is 0.574. The minimum absolute atomic E-state index is 0.00168. The van der Waals surface area contributed by atoms with Crippen molar-refractivity contribution in [1.82, 2.24) is 15.3 Å². The van der Waals surface area contributed by atoms with Gasteiger partial charge in [0.05, 0.1) is 26.0 Å². The number of H-pyrrole nitrogens is 1. The van der Waals surface area contributed by atoms with E-state index < -0.39 is 12.0 Å². The first-order valence-corrected chi connectivity index (χ1v) is 7.99. The number of ether oxygens (including phenoxy) is 2. The Hall–Kier alpha value is -2.03. The summed E-state index contributed by atoms with van der Waals surface area (Å²) in [6.45, 7) is 3.89. The molecule has 1 heterocycles. The van der Waals surface area contributed by atoms with Gasteiger partial charge in [-0.3, -0.25) is 9.59 Å². The molecule has 0 radical (unpaired) electrons. The average Bonchev–Trinajstić information content (AvgIpc) is 2.50. The lowest BCUT2D eigenvalue weighted by Gasteiger charge is -2.18. The lowest BCUT2D eigenvalue weighted by molar-refractivity contribution is -0.145. The van der Waals surface area contributed by atoms with Crippen molar-refractivity contribution in [2.45, 2.75) is 31.5 Å². The molecule has 0 saturated carbocycles. The molecule has 0 saturated heterocycles. The molecule has 0 aliphatic rings. The number of hydrogen-bond donors (Lipinski definition) is 2. The third-order valence-corrected chi connectivity index (χ3v) is 3.65. The first kappa shape index (κ1) is 19.0. The number of esters is 1. The molecule has 0 spiro atoms. The summed E-state index contributed by atoms with van der Waals surface area (Å²) in [6, 6.07) is 0.519. The molecule has 23 heavy (non-hydrogen) atoms. The van der Waals surface area contributed by atoms with E-state index in [0.717, 1.165) is 11.8 Å². The summed E-state index contributed by atoms with van der Waals surface area (Å²) >= 11 is 1.04. The van der Waals surface area contributed by atoms with Crippen LogP contribution < -0.4 is 15.6 Å². The molecule has 0 fully saturated rings. The van der Waals surface area contributed by atoms with Crippen LogP contribution in [0.15, 0.2) is 16.0 Å². The molecular formula is C14H21N3O5S. The Labute approximate surface area is 138 Å². The molecule has 0 aliphatic heterocycles. The summed E-state index contributed by atoms with van der Waals surface area (Å²) in [5.41, 5.74) is -0.369. The van der Waals surface area contributed by atoms with Crippen LogP contribution in [0.4, 0.5) is 0 Å². The van der Waals surface area contributed by atoms with E-state index >= 15 is 0 Å². The van der Waals surface area contributed by atoms with Gasteiger partial charge in [0.2, 0.25) is 11.8 Å². The van der Waals surface area contributed by atoms with Crippen LogP contribution in [0.1, 0.15) is 20.3 Å². The van der Waals surface area contributed by atoms with E-state index in [0.29, 0.717) is 6.42 Å². The molecular weight excluding hydrogens is 322 g/mol. The van der Waals surface area contributed by atoms with E-state index in [4.69, 9.17) is 4.74 Å². The molecule has 9 heteroatoms. The second-order valence-electron chi connectivity index (χ2n) is 5.15. The number of carbonyl (C=O) groups excluding carboxylic acids is 2. The molecule has 0 aromatic carbocycles. The highest BCUT2D eigenvalue weighted by Crippen LogP contribution is 2.14. The third kappa shape index (κ3) is 6.72. The Kier molecular flexibility index (Phi) is 7.60. The topological polar surface area (TPSA) is 110 Å². The highest BCUT2D eigenvalue weighted by molar-refractivity contribution is 7.99. The lowest BCUT2D eigenvalue weighted by atomic mass is 10.0. The monoisotopic (exact) mass is 343 g/mol. The normalized spacial score (nSPS) is 11.9. The molecule has 1 atom stereocenters. The number of methoxy groups -OCH3 is 2. The molecule has 0 bridgehead atoms. The standard InChI is InChI=1S/C14H21N3O5S/c1-8(2)5-9(13(20)22-4)15-11(19)7-23-14-16-10(18)6-12(17-14)21-3/h6,8-9H,5,7H2,1-4H3,(H,15,19)(H,16,17,18). The first-order chi connectivity index (χ1) is 10.8. The van der Waals surface area contributed by atoms with Crippen molar-refractivity contribution in [1.29, 1.82) is 0 Å². The van der Waals surface area contributed by atoms with Crippen LogP contribution in [0.2, 0.25) is 0 Å². The predicted molar refractivity (Wildman–Crippen MR) is 85.5 cm³/mol. The van der Waals surface area contributed by atoms with Crippen molar-refractivity contribution >= 4 is 23.6 Å². The second-order valence-corrected chi connectivity index (χ2v) is 6.12. The number of hydrogen-bond acceptors (Lipinski definition) is 7. The maximum Gasteiger partial charge on any atom is 0.328 e. The number of thioether (sulfide) groups is 1. The van der Waals surface area contributed by atoms with E-state index in [1.165, 1.54) is 20.3 Å². The summed E-state index contributed by atoms with van der Waals surface area (Å²) in [6.07, 6.45) is 0.483. The van der Waals surface area contributed by atoms with Crippen molar-refractivity contribution < 1.29 is 19.1 Å². The zero-order valence-corrected chi connectivity index (χ0v) is 14.4. The minimum Gasteiger partial charge on any atom is -0.481 e. The Morgan fingerprint density at radius 1 is 1.39 bits per heavy atom. The van der Waals surface area contributed by atoms with Crippen LogP contribution in [-0.4, -0.2) is 47.9 Å². The first-order valence-electron chi connectivity index (χ1n) is 7.01. The molecule has 8 nitrogen and oxygen atoms in total. The van der Waals surface area contributed by atoms with Gasteiger partial charge in [0, 0.05) is 0 Å². The molecule has 0 aliphatic carbocycles. The number of rotatable bonds is 8. The largest absolute Gasteiger partial charge is 0.481 e. The van der Waals surface area contributed by atoms with Gasteiger partial charge in [-0.25, -0.2) is 4.79 Å². The Bertz CT molecular complexity index is 602. The molecule has 2 N–H and O–H groups in total. The number of aromatic amines is 1. The average molecular weight is 343 g/mol. The second kappa shape index (κ2) is 9.19. The Balaban J connectivity index is 2.63. The van der Waals surface area contributed by atoms with Gasteiger partial charge in [-0.1, -0.05) is 25.6 Å². The number of nitrogens with one attached hydrogen (secondary N) is 2. The van der Waals surface area contributed by atoms with Gasteiger partial charge in [0.1, 0.15) is 6.04 Å². The number of carbonyl (C=O) groups is 2. The van der Waals surface area contributed by atoms with Crippen molar-refractivity contribution in [3.05, 3.63) is 16.4 Å². The lowest BCUT2D eigenvalue weighted by Crippen LogP contribution is -2.43. The van der Waals surface area contributed by atoms with E-state index in [9.17, 15) is 14.4 Å². The summed E-state index contributed by atoms with van der Waals surface area (Å²) < 4.78 is 9.58. The zero-order valence-electron chi connectivity index (χ0n) is 13.5. The summed E-state index contributed by atoms with van der Waals surface area (Å²) in [7, 11) is 2.68. The SMILES string of the molecule is COC(=O)C(CC(C)C)NC(=O)CSc1nc(OC)cc(=O)[nH]1. The van der Waals surface area contributed by atoms with Gasteiger partial charge < -0.3 is 19.8 Å². The van der Waals surface area contributed by atoms with Crippen LogP contribution >= 0.6 is 11.8 Å². The maximum atomic E-state index is 12.0. The van der Waals surface area contributed by atoms with Gasteiger partial charge >= 0.3 is 5.97 Å². The third-order valence-electron chi connectivity index (χ3n) is 2.77. The van der Waals surface area contributed by atoms with Crippen LogP contribution in [0.25, 0.3) is 0 Å². The quantitative estimate of drug-likeness (QED) is 0.403. The van der Waals surface area contributed by atoms with Crippen LogP contribution in [-0.2, 0) is 14.3 Å². The zero-order chi connectivity index (χ0) is 17.4. The van der Waals surface area contributed by atoms with E-state index in [-0.39, 0.29) is 34.2 Å². The van der Waals surface area contributed by atoms with Gasteiger partial charge in [0.15, 0.2) is 5.16 Å². The van der Waals surface area contributed by atoms with Crippen molar-refractivity contribution in [2.24, 2.45) is 5.92 Å². The fourth-order valence-corrected chi connectivity index (χ4v) is 2.46. The van der Waals surface area contributed by atoms with Crippen LogP contribution in [0.3, 0.4) is 0 Å². The fraction of sp³-hybridized carbons (Fsp3) is 0.571.